The zero-order valence-corrected chi connectivity index (χ0v) is 13.6. The first kappa shape index (κ1) is 17.6. The Hall–Kier alpha value is -1.79. The van der Waals surface area contributed by atoms with Gasteiger partial charge in [0.15, 0.2) is 11.5 Å². The molecule has 6 nitrogen and oxygen atoms in total. The van der Waals surface area contributed by atoms with Crippen molar-refractivity contribution in [3.05, 3.63) is 23.8 Å². The minimum atomic E-state index is -0.565. The van der Waals surface area contributed by atoms with Gasteiger partial charge in [0.1, 0.15) is 0 Å². The van der Waals surface area contributed by atoms with Crippen molar-refractivity contribution in [3.63, 3.8) is 0 Å². The fourth-order valence-electron chi connectivity index (χ4n) is 2.88. The zero-order valence-electron chi connectivity index (χ0n) is 13.6. The zero-order chi connectivity index (χ0) is 16.8. The van der Waals surface area contributed by atoms with Gasteiger partial charge in [-0.15, -0.1) is 0 Å². The average Bonchev–Trinajstić information content (AvgIpc) is 2.89. The number of ether oxygens (including phenoxy) is 2. The summed E-state index contributed by atoms with van der Waals surface area (Å²) in [4.78, 5) is 12.4. The molecule has 0 bridgehead atoms. The van der Waals surface area contributed by atoms with Gasteiger partial charge in [-0.25, -0.2) is 0 Å². The summed E-state index contributed by atoms with van der Waals surface area (Å²) in [5.41, 5.74) is 0.485. The maximum Gasteiger partial charge on any atom is 0.251 e. The highest BCUT2D eigenvalue weighted by atomic mass is 16.5. The number of hydrogen-bond donors (Lipinski definition) is 3. The third-order valence-electron chi connectivity index (χ3n) is 4.03. The molecule has 1 saturated carbocycles. The van der Waals surface area contributed by atoms with Gasteiger partial charge >= 0.3 is 0 Å². The molecule has 0 spiro atoms. The second-order valence-corrected chi connectivity index (χ2v) is 5.68. The van der Waals surface area contributed by atoms with Gasteiger partial charge in [0.05, 0.1) is 19.3 Å². The maximum absolute atomic E-state index is 12.4. The monoisotopic (exact) mass is 323 g/mol. The molecule has 0 saturated heterocycles. The molecule has 0 unspecified atom stereocenters. The first-order valence-corrected chi connectivity index (χ1v) is 8.08. The number of rotatable bonds is 7. The van der Waals surface area contributed by atoms with Crippen LogP contribution in [0.15, 0.2) is 18.2 Å². The van der Waals surface area contributed by atoms with Crippen molar-refractivity contribution in [2.75, 3.05) is 19.8 Å². The number of carbonyl (C=O) groups excluding carboxylic acids is 1. The smallest absolute Gasteiger partial charge is 0.251 e. The Kier molecular flexibility index (Phi) is 6.24. The van der Waals surface area contributed by atoms with E-state index in [1.165, 1.54) is 0 Å². The third-order valence-corrected chi connectivity index (χ3v) is 4.03. The molecule has 0 aliphatic heterocycles. The largest absolute Gasteiger partial charge is 0.490 e. The van der Waals surface area contributed by atoms with Crippen molar-refractivity contribution in [2.45, 2.75) is 38.8 Å². The van der Waals surface area contributed by atoms with E-state index in [-0.39, 0.29) is 24.5 Å². The highest BCUT2D eigenvalue weighted by Gasteiger charge is 2.33. The summed E-state index contributed by atoms with van der Waals surface area (Å²) in [5, 5.41) is 21.9. The molecular formula is C17H25NO5. The number of benzene rings is 1. The van der Waals surface area contributed by atoms with Crippen molar-refractivity contribution in [3.8, 4) is 11.5 Å². The topological polar surface area (TPSA) is 88.0 Å². The van der Waals surface area contributed by atoms with E-state index in [4.69, 9.17) is 9.47 Å². The minimum absolute atomic E-state index is 0.0644. The van der Waals surface area contributed by atoms with Crippen LogP contribution in [0.4, 0.5) is 0 Å². The van der Waals surface area contributed by atoms with Crippen molar-refractivity contribution in [1.82, 2.24) is 5.32 Å². The van der Waals surface area contributed by atoms with Crippen molar-refractivity contribution >= 4 is 5.91 Å². The van der Waals surface area contributed by atoms with Crippen LogP contribution in [-0.4, -0.2) is 48.1 Å². The minimum Gasteiger partial charge on any atom is -0.490 e. The van der Waals surface area contributed by atoms with Crippen LogP contribution in [0.25, 0.3) is 0 Å². The van der Waals surface area contributed by atoms with Gasteiger partial charge in [-0.2, -0.15) is 0 Å². The fraction of sp³-hybridized carbons (Fsp3) is 0.588. The van der Waals surface area contributed by atoms with E-state index in [2.05, 4.69) is 5.32 Å². The Morgan fingerprint density at radius 2 is 1.91 bits per heavy atom. The summed E-state index contributed by atoms with van der Waals surface area (Å²) in [6.07, 6.45) is 0.482. The molecule has 2 rings (SSSR count). The number of nitrogens with one attached hydrogen (secondary N) is 1. The van der Waals surface area contributed by atoms with Crippen LogP contribution in [0.3, 0.4) is 0 Å². The molecule has 1 fully saturated rings. The van der Waals surface area contributed by atoms with Gasteiger partial charge in [0, 0.05) is 24.1 Å². The van der Waals surface area contributed by atoms with E-state index in [0.717, 1.165) is 0 Å². The van der Waals surface area contributed by atoms with Crippen LogP contribution in [0, 0.1) is 5.92 Å². The molecule has 1 aromatic carbocycles. The SMILES string of the molecule is CCOc1ccc(C(=O)N[C@H]2C[C@@H](CO)[C@@H](O)C2)cc1OCC. The number of amides is 1. The molecule has 1 aromatic rings. The number of hydrogen-bond acceptors (Lipinski definition) is 5. The molecule has 23 heavy (non-hydrogen) atoms. The lowest BCUT2D eigenvalue weighted by molar-refractivity contribution is 0.0903. The lowest BCUT2D eigenvalue weighted by Crippen LogP contribution is -2.33. The van der Waals surface area contributed by atoms with Crippen molar-refractivity contribution in [2.24, 2.45) is 5.92 Å². The third kappa shape index (κ3) is 4.36. The van der Waals surface area contributed by atoms with Crippen LogP contribution in [-0.2, 0) is 0 Å². The number of aliphatic hydroxyl groups excluding tert-OH is 2. The van der Waals surface area contributed by atoms with Crippen molar-refractivity contribution in [1.29, 1.82) is 0 Å². The Labute approximate surface area is 136 Å². The molecule has 0 aromatic heterocycles. The van der Waals surface area contributed by atoms with Gasteiger partial charge in [-0.3, -0.25) is 4.79 Å². The predicted molar refractivity (Wildman–Crippen MR) is 85.9 cm³/mol. The first-order chi connectivity index (χ1) is 11.1. The van der Waals surface area contributed by atoms with E-state index in [0.29, 0.717) is 43.1 Å². The average molecular weight is 323 g/mol. The van der Waals surface area contributed by atoms with Crippen LogP contribution in [0.2, 0.25) is 0 Å². The molecule has 3 atom stereocenters. The molecule has 0 heterocycles. The predicted octanol–water partition coefficient (Wildman–Crippen LogP) is 1.35. The van der Waals surface area contributed by atoms with E-state index < -0.39 is 6.10 Å². The number of carbonyl (C=O) groups is 1. The van der Waals surface area contributed by atoms with Crippen molar-refractivity contribution < 1.29 is 24.5 Å². The summed E-state index contributed by atoms with van der Waals surface area (Å²) in [6.45, 7) is 4.70. The van der Waals surface area contributed by atoms with Crippen LogP contribution in [0.5, 0.6) is 11.5 Å². The Balaban J connectivity index is 2.06. The molecule has 128 valence electrons. The summed E-state index contributed by atoms with van der Waals surface area (Å²) in [5.74, 6) is 0.772. The van der Waals surface area contributed by atoms with Gasteiger partial charge in [0.25, 0.3) is 5.91 Å². The quantitative estimate of drug-likeness (QED) is 0.705. The molecule has 3 N–H and O–H groups in total. The standard InChI is InChI=1S/C17H25NO5/c1-3-22-15-6-5-11(8-16(15)23-4-2)17(21)18-13-7-12(10-19)14(20)9-13/h5-6,8,12-14,19-20H,3-4,7,9-10H2,1-2H3,(H,18,21)/t12-,13-,14-/m0/s1. The van der Waals surface area contributed by atoms with Crippen LogP contribution >= 0.6 is 0 Å². The van der Waals surface area contributed by atoms with E-state index in [1.807, 2.05) is 13.8 Å². The second-order valence-electron chi connectivity index (χ2n) is 5.68. The first-order valence-electron chi connectivity index (χ1n) is 8.08. The van der Waals surface area contributed by atoms with Gasteiger partial charge in [0.2, 0.25) is 0 Å². The molecule has 1 aliphatic carbocycles. The van der Waals surface area contributed by atoms with Crippen LogP contribution in [0.1, 0.15) is 37.0 Å². The Morgan fingerprint density at radius 1 is 1.22 bits per heavy atom. The van der Waals surface area contributed by atoms with E-state index in [9.17, 15) is 15.0 Å². The fourth-order valence-corrected chi connectivity index (χ4v) is 2.88. The summed E-state index contributed by atoms with van der Waals surface area (Å²) in [7, 11) is 0. The molecule has 1 aliphatic rings. The van der Waals surface area contributed by atoms with Gasteiger partial charge in [-0.05, 0) is 44.9 Å². The number of aliphatic hydroxyl groups is 2. The summed E-state index contributed by atoms with van der Waals surface area (Å²) < 4.78 is 11.0. The normalized spacial score (nSPS) is 23.6. The van der Waals surface area contributed by atoms with Gasteiger partial charge < -0.3 is 25.0 Å². The highest BCUT2D eigenvalue weighted by molar-refractivity contribution is 5.95. The van der Waals surface area contributed by atoms with E-state index in [1.54, 1.807) is 18.2 Å². The van der Waals surface area contributed by atoms with E-state index >= 15 is 0 Å². The van der Waals surface area contributed by atoms with Crippen LogP contribution < -0.4 is 14.8 Å². The Morgan fingerprint density at radius 3 is 2.52 bits per heavy atom. The summed E-state index contributed by atoms with van der Waals surface area (Å²) >= 11 is 0. The second kappa shape index (κ2) is 8.17. The van der Waals surface area contributed by atoms with Gasteiger partial charge in [-0.1, -0.05) is 0 Å². The lowest BCUT2D eigenvalue weighted by atomic mass is 10.1. The maximum atomic E-state index is 12.4. The molecule has 0 radical (unpaired) electrons. The highest BCUT2D eigenvalue weighted by Crippen LogP contribution is 2.29. The molecule has 6 heteroatoms. The molecule has 1 amide bonds. The summed E-state index contributed by atoms with van der Waals surface area (Å²) in [6, 6.07) is 4.96. The lowest BCUT2D eigenvalue weighted by Gasteiger charge is -2.15. The Bertz CT molecular complexity index is 534. The molecular weight excluding hydrogens is 298 g/mol.